The Labute approximate surface area is 239 Å². The molecule has 6 rings (SSSR count). The van der Waals surface area contributed by atoms with E-state index in [0.29, 0.717) is 35.1 Å². The number of methoxy groups -OCH3 is 1. The average molecular weight is 578 g/mol. The number of halogens is 3. The van der Waals surface area contributed by atoms with Gasteiger partial charge in [-0.3, -0.25) is 4.98 Å². The molecule has 1 fully saturated rings. The predicted molar refractivity (Wildman–Crippen MR) is 153 cm³/mol. The van der Waals surface area contributed by atoms with Crippen molar-refractivity contribution in [2.45, 2.75) is 24.9 Å². The van der Waals surface area contributed by atoms with E-state index >= 15 is 4.39 Å². The van der Waals surface area contributed by atoms with E-state index in [0.717, 1.165) is 24.1 Å². The fourth-order valence-electron chi connectivity index (χ4n) is 5.44. The molecule has 13 heteroatoms. The van der Waals surface area contributed by atoms with E-state index in [2.05, 4.69) is 30.2 Å². The molecule has 4 aromatic rings. The minimum absolute atomic E-state index is 0.00235. The summed E-state index contributed by atoms with van der Waals surface area (Å²) in [5, 5.41) is 12.5. The Morgan fingerprint density at radius 2 is 2.05 bits per heavy atom. The van der Waals surface area contributed by atoms with E-state index in [1.165, 1.54) is 25.6 Å². The number of ether oxygens (including phenoxy) is 1. The van der Waals surface area contributed by atoms with Gasteiger partial charge in [-0.25, -0.2) is 19.3 Å². The highest BCUT2D eigenvalue weighted by Gasteiger charge is 2.40. The molecule has 0 saturated carbocycles. The molecule has 4 N–H and O–H groups in total. The summed E-state index contributed by atoms with van der Waals surface area (Å²) in [5.74, 6) is -2.07. The second-order valence-corrected chi connectivity index (χ2v) is 10.4. The van der Waals surface area contributed by atoms with Gasteiger partial charge in [0.15, 0.2) is 23.0 Å². The van der Waals surface area contributed by atoms with Crippen LogP contribution < -0.4 is 20.7 Å². The summed E-state index contributed by atoms with van der Waals surface area (Å²) < 4.78 is 36.5. The molecule has 2 aliphatic rings. The van der Waals surface area contributed by atoms with Crippen LogP contribution in [-0.2, 0) is 6.54 Å². The van der Waals surface area contributed by atoms with Crippen molar-refractivity contribution in [2.75, 3.05) is 30.8 Å². The van der Waals surface area contributed by atoms with Gasteiger partial charge in [-0.05, 0) is 48.8 Å². The number of nitrogens with zero attached hydrogens (tertiary/aromatic N) is 6. The van der Waals surface area contributed by atoms with Gasteiger partial charge in [0.25, 0.3) is 0 Å². The van der Waals surface area contributed by atoms with Crippen LogP contribution in [0, 0.1) is 17.0 Å². The molecule has 0 bridgehead atoms. The maximum atomic E-state index is 15.1. The number of rotatable bonds is 5. The number of hydrogen-bond acceptors (Lipinski definition) is 9. The quantitative estimate of drug-likeness (QED) is 0.297. The van der Waals surface area contributed by atoms with Crippen molar-refractivity contribution in [1.29, 1.82) is 5.41 Å². The van der Waals surface area contributed by atoms with E-state index < -0.39 is 17.2 Å². The topological polar surface area (TPSA) is 131 Å². The Morgan fingerprint density at radius 1 is 1.20 bits per heavy atom. The van der Waals surface area contributed by atoms with Gasteiger partial charge >= 0.3 is 0 Å². The molecule has 10 nitrogen and oxygen atoms in total. The number of nitrogens with one attached hydrogen (secondary N) is 2. The lowest BCUT2D eigenvalue weighted by atomic mass is 9.84. The number of aromatic nitrogens is 5. The summed E-state index contributed by atoms with van der Waals surface area (Å²) >= 11 is 6.40. The fraction of sp³-hybridized carbons (Fsp3) is 0.250. The molecule has 5 heterocycles. The number of nitrogens with two attached hydrogens (primary N) is 1. The minimum Gasteiger partial charge on any atom is -0.494 e. The Hall–Kier alpha value is -4.58. The maximum absolute atomic E-state index is 15.1. The molecule has 1 spiro atoms. The molecule has 1 atom stereocenters. The van der Waals surface area contributed by atoms with Crippen LogP contribution >= 0.6 is 11.6 Å². The number of hydrogen-bond donors (Lipinski definition) is 3. The predicted octanol–water partition coefficient (Wildman–Crippen LogP) is 4.40. The third-order valence-corrected chi connectivity index (χ3v) is 7.71. The van der Waals surface area contributed by atoms with Crippen LogP contribution in [0.15, 0.2) is 60.4 Å². The van der Waals surface area contributed by atoms with Gasteiger partial charge in [-0.1, -0.05) is 17.7 Å². The monoisotopic (exact) mass is 577 g/mol. The van der Waals surface area contributed by atoms with Crippen LogP contribution in [0.3, 0.4) is 0 Å². The molecule has 3 aromatic heterocycles. The average Bonchev–Trinajstić information content (AvgIpc) is 3.32. The number of pyridine rings is 1. The first-order chi connectivity index (χ1) is 19.8. The molecule has 0 amide bonds. The zero-order valence-electron chi connectivity index (χ0n) is 22.0. The van der Waals surface area contributed by atoms with Crippen molar-refractivity contribution >= 4 is 40.0 Å². The number of benzene rings is 1. The van der Waals surface area contributed by atoms with Crippen LogP contribution in [0.25, 0.3) is 22.4 Å². The largest absolute Gasteiger partial charge is 0.494 e. The lowest BCUT2D eigenvalue weighted by molar-refractivity contribution is 0.372. The Bertz CT molecular complexity index is 1740. The summed E-state index contributed by atoms with van der Waals surface area (Å²) in [6, 6.07) is 4.54. The SMILES string of the molecule is COc1ccc(-c2cc(Cn3cnc4c(N)ncnc43)c(N3CCC[C@]4(C3)NC(Cl)=CC=CC4=N)cn2)c(F)c1F. The molecular formula is C28H26ClF2N9O. The van der Waals surface area contributed by atoms with Gasteiger partial charge in [0.2, 0.25) is 5.82 Å². The van der Waals surface area contributed by atoms with Crippen molar-refractivity contribution in [2.24, 2.45) is 0 Å². The number of anilines is 2. The van der Waals surface area contributed by atoms with Crippen molar-refractivity contribution in [1.82, 2.24) is 29.8 Å². The van der Waals surface area contributed by atoms with Crippen molar-refractivity contribution < 1.29 is 13.5 Å². The smallest absolute Gasteiger partial charge is 0.201 e. The highest BCUT2D eigenvalue weighted by Crippen LogP contribution is 2.35. The van der Waals surface area contributed by atoms with E-state index in [1.807, 2.05) is 4.57 Å². The van der Waals surface area contributed by atoms with Crippen LogP contribution in [0.5, 0.6) is 5.75 Å². The summed E-state index contributed by atoms with van der Waals surface area (Å²) in [6.45, 7) is 1.42. The molecule has 0 unspecified atom stereocenters. The summed E-state index contributed by atoms with van der Waals surface area (Å²) in [7, 11) is 1.28. The molecule has 210 valence electrons. The number of nitrogen functional groups attached to an aromatic ring is 1. The van der Waals surface area contributed by atoms with E-state index in [4.69, 9.17) is 27.5 Å². The first-order valence-corrected chi connectivity index (χ1v) is 13.3. The zero-order valence-corrected chi connectivity index (χ0v) is 22.8. The van der Waals surface area contributed by atoms with Crippen LogP contribution in [0.1, 0.15) is 18.4 Å². The van der Waals surface area contributed by atoms with Crippen molar-refractivity contribution in [3.8, 4) is 17.0 Å². The molecule has 1 saturated heterocycles. The summed E-state index contributed by atoms with van der Waals surface area (Å²) in [6.07, 6.45) is 11.4. The number of imidazole rings is 1. The first-order valence-electron chi connectivity index (χ1n) is 12.9. The van der Waals surface area contributed by atoms with Crippen molar-refractivity contribution in [3.63, 3.8) is 0 Å². The fourth-order valence-corrected chi connectivity index (χ4v) is 5.70. The van der Waals surface area contributed by atoms with Gasteiger partial charge in [-0.2, -0.15) is 4.39 Å². The number of fused-ring (bicyclic) bond motifs is 1. The molecule has 2 aliphatic heterocycles. The highest BCUT2D eigenvalue weighted by atomic mass is 35.5. The minimum atomic E-state index is -1.08. The third-order valence-electron chi connectivity index (χ3n) is 7.49. The van der Waals surface area contributed by atoms with E-state index in [9.17, 15) is 4.39 Å². The van der Waals surface area contributed by atoms with E-state index in [1.54, 1.807) is 36.8 Å². The lowest BCUT2D eigenvalue weighted by Crippen LogP contribution is -2.60. The maximum Gasteiger partial charge on any atom is 0.201 e. The number of allylic oxidation sites excluding steroid dienone is 2. The molecule has 0 aliphatic carbocycles. The second kappa shape index (κ2) is 10.4. The molecular weight excluding hydrogens is 552 g/mol. The lowest BCUT2D eigenvalue weighted by Gasteiger charge is -2.44. The zero-order chi connectivity index (χ0) is 28.7. The van der Waals surface area contributed by atoms with Crippen LogP contribution in [-0.4, -0.2) is 56.0 Å². The molecule has 0 radical (unpaired) electrons. The highest BCUT2D eigenvalue weighted by molar-refractivity contribution is 6.29. The van der Waals surface area contributed by atoms with Gasteiger partial charge in [0.05, 0.1) is 48.8 Å². The van der Waals surface area contributed by atoms with Crippen LogP contribution in [0.4, 0.5) is 20.3 Å². The van der Waals surface area contributed by atoms with Gasteiger partial charge in [-0.15, -0.1) is 0 Å². The standard InChI is InChI=1S/C28H26ClF2N9O/c1-41-20-7-6-17(23(30)24(20)31)18-10-16(12-40-15-37-25-26(33)35-14-36-27(25)40)19(11-34-18)39-9-3-8-28(13-39)21(32)4-2-5-22(29)38-28/h2,4-7,10-11,14-15,32,38H,3,8-9,12-13H2,1H3,(H2,33,35,36)/t28-/m1/s1. The summed E-state index contributed by atoms with van der Waals surface area (Å²) in [4.78, 5) is 19.4. The molecule has 41 heavy (non-hydrogen) atoms. The number of piperidine rings is 1. The third kappa shape index (κ3) is 4.73. The van der Waals surface area contributed by atoms with Gasteiger partial charge in [0, 0.05) is 18.7 Å². The van der Waals surface area contributed by atoms with Crippen LogP contribution in [0.2, 0.25) is 0 Å². The second-order valence-electron chi connectivity index (χ2n) is 9.96. The Kier molecular flexibility index (Phi) is 6.78. The van der Waals surface area contributed by atoms with Crippen molar-refractivity contribution in [3.05, 3.63) is 77.6 Å². The Balaban J connectivity index is 1.45. The van der Waals surface area contributed by atoms with Gasteiger partial charge < -0.3 is 30.7 Å². The van der Waals surface area contributed by atoms with Gasteiger partial charge in [0.1, 0.15) is 17.0 Å². The summed E-state index contributed by atoms with van der Waals surface area (Å²) in [5.41, 5.74) is 8.50. The Morgan fingerprint density at radius 3 is 2.88 bits per heavy atom. The van der Waals surface area contributed by atoms with E-state index in [-0.39, 0.29) is 29.4 Å². The normalized spacial score (nSPS) is 18.9. The molecule has 1 aromatic carbocycles. The first kappa shape index (κ1) is 26.6.